The molecule has 1 saturated carbocycles. The lowest BCUT2D eigenvalue weighted by molar-refractivity contribution is 0.397. The van der Waals surface area contributed by atoms with Crippen LogP contribution in [0.15, 0.2) is 0 Å². The van der Waals surface area contributed by atoms with E-state index in [1.165, 1.54) is 12.8 Å². The van der Waals surface area contributed by atoms with Crippen molar-refractivity contribution in [2.75, 3.05) is 13.1 Å². The molecule has 3 unspecified atom stereocenters. The Morgan fingerprint density at radius 3 is 2.58 bits per heavy atom. The lowest BCUT2D eigenvalue weighted by Crippen LogP contribution is -2.45. The van der Waals surface area contributed by atoms with Gasteiger partial charge in [-0.2, -0.15) is 0 Å². The Hall–Kier alpha value is -0.130. The minimum Gasteiger partial charge on any atom is -0.315 e. The second-order valence-corrected chi connectivity index (χ2v) is 8.03. The van der Waals surface area contributed by atoms with Gasteiger partial charge in [0.1, 0.15) is 0 Å². The number of rotatable bonds is 7. The van der Waals surface area contributed by atoms with Crippen molar-refractivity contribution < 1.29 is 8.42 Å². The van der Waals surface area contributed by atoms with E-state index in [1.54, 1.807) is 6.92 Å². The second kappa shape index (κ2) is 8.22. The van der Waals surface area contributed by atoms with Crippen molar-refractivity contribution in [3.63, 3.8) is 0 Å². The lowest BCUT2D eigenvalue weighted by atomic mass is 9.98. The van der Waals surface area contributed by atoms with Crippen LogP contribution in [0.25, 0.3) is 0 Å². The van der Waals surface area contributed by atoms with Crippen LogP contribution < -0.4 is 10.0 Å². The molecule has 0 aromatic rings. The largest absolute Gasteiger partial charge is 0.315 e. The third-order valence-corrected chi connectivity index (χ3v) is 5.92. The van der Waals surface area contributed by atoms with Gasteiger partial charge in [0.05, 0.1) is 5.25 Å². The zero-order valence-corrected chi connectivity index (χ0v) is 13.4. The van der Waals surface area contributed by atoms with Crippen molar-refractivity contribution in [2.24, 2.45) is 5.92 Å². The van der Waals surface area contributed by atoms with E-state index in [0.29, 0.717) is 12.5 Å². The number of hydrogen-bond donors (Lipinski definition) is 2. The SMILES string of the molecule is CCCNCC(C)S(=O)(=O)NC1CCCCCC1C. The highest BCUT2D eigenvalue weighted by Crippen LogP contribution is 2.23. The molecule has 114 valence electrons. The van der Waals surface area contributed by atoms with Crippen LogP contribution in [-0.4, -0.2) is 32.8 Å². The van der Waals surface area contributed by atoms with Crippen LogP contribution >= 0.6 is 0 Å². The quantitative estimate of drug-likeness (QED) is 0.558. The Morgan fingerprint density at radius 1 is 1.21 bits per heavy atom. The summed E-state index contributed by atoms with van der Waals surface area (Å²) in [7, 11) is -3.20. The van der Waals surface area contributed by atoms with Gasteiger partial charge in [0.25, 0.3) is 0 Å². The van der Waals surface area contributed by atoms with Crippen LogP contribution in [0.4, 0.5) is 0 Å². The molecule has 0 saturated heterocycles. The monoisotopic (exact) mass is 290 g/mol. The fourth-order valence-corrected chi connectivity index (χ4v) is 3.93. The lowest BCUT2D eigenvalue weighted by Gasteiger charge is -2.25. The Kier molecular flexibility index (Phi) is 7.32. The highest BCUT2D eigenvalue weighted by Gasteiger charge is 2.28. The number of sulfonamides is 1. The van der Waals surface area contributed by atoms with Crippen LogP contribution in [0.5, 0.6) is 0 Å². The summed E-state index contributed by atoms with van der Waals surface area (Å²) in [6.07, 6.45) is 6.74. The summed E-state index contributed by atoms with van der Waals surface area (Å²) in [6, 6.07) is 0.126. The van der Waals surface area contributed by atoms with Crippen LogP contribution in [0.2, 0.25) is 0 Å². The molecule has 0 radical (unpaired) electrons. The van der Waals surface area contributed by atoms with Gasteiger partial charge in [-0.15, -0.1) is 0 Å². The maximum absolute atomic E-state index is 12.3. The van der Waals surface area contributed by atoms with Crippen molar-refractivity contribution in [1.82, 2.24) is 10.0 Å². The number of hydrogen-bond acceptors (Lipinski definition) is 3. The van der Waals surface area contributed by atoms with Gasteiger partial charge >= 0.3 is 0 Å². The van der Waals surface area contributed by atoms with Crippen LogP contribution in [-0.2, 0) is 10.0 Å². The van der Waals surface area contributed by atoms with Gasteiger partial charge in [-0.1, -0.05) is 33.1 Å². The van der Waals surface area contributed by atoms with Gasteiger partial charge in [-0.05, 0) is 38.6 Å². The number of nitrogens with one attached hydrogen (secondary N) is 2. The molecule has 0 heterocycles. The Balaban J connectivity index is 2.51. The molecule has 19 heavy (non-hydrogen) atoms. The smallest absolute Gasteiger partial charge is 0.215 e. The fraction of sp³-hybridized carbons (Fsp3) is 1.00. The van der Waals surface area contributed by atoms with Gasteiger partial charge in [0, 0.05) is 12.6 Å². The van der Waals surface area contributed by atoms with Crippen molar-refractivity contribution in [3.05, 3.63) is 0 Å². The molecule has 2 N–H and O–H groups in total. The van der Waals surface area contributed by atoms with Gasteiger partial charge < -0.3 is 5.32 Å². The van der Waals surface area contributed by atoms with E-state index < -0.39 is 10.0 Å². The average molecular weight is 290 g/mol. The van der Waals surface area contributed by atoms with E-state index in [1.807, 2.05) is 0 Å². The molecule has 0 aromatic carbocycles. The van der Waals surface area contributed by atoms with Crippen LogP contribution in [0, 0.1) is 5.92 Å². The van der Waals surface area contributed by atoms with Crippen molar-refractivity contribution in [2.45, 2.75) is 70.6 Å². The molecule has 1 aliphatic rings. The first-order chi connectivity index (χ1) is 8.97. The minimum absolute atomic E-state index is 0.126. The van der Waals surface area contributed by atoms with E-state index in [4.69, 9.17) is 0 Å². The van der Waals surface area contributed by atoms with E-state index in [0.717, 1.165) is 32.2 Å². The summed E-state index contributed by atoms with van der Waals surface area (Å²) in [5.41, 5.74) is 0. The molecule has 1 fully saturated rings. The molecule has 3 atom stereocenters. The predicted octanol–water partition coefficient (Wildman–Crippen LogP) is 2.26. The molecule has 0 amide bonds. The highest BCUT2D eigenvalue weighted by molar-refractivity contribution is 7.90. The van der Waals surface area contributed by atoms with E-state index in [2.05, 4.69) is 23.9 Å². The molecule has 0 bridgehead atoms. The Labute approximate surface area is 118 Å². The van der Waals surface area contributed by atoms with Crippen LogP contribution in [0.3, 0.4) is 0 Å². The fourth-order valence-electron chi connectivity index (χ4n) is 2.59. The third kappa shape index (κ3) is 5.79. The first-order valence-corrected chi connectivity index (χ1v) is 9.24. The topological polar surface area (TPSA) is 58.2 Å². The standard InChI is InChI=1S/C14H30N2O2S/c1-4-10-15-11-13(3)19(17,18)16-14-9-7-5-6-8-12(14)2/h12-16H,4-11H2,1-3H3. The summed E-state index contributed by atoms with van der Waals surface area (Å²) in [6.45, 7) is 7.44. The normalized spacial score (nSPS) is 26.9. The molecule has 0 spiro atoms. The molecular weight excluding hydrogens is 260 g/mol. The van der Waals surface area contributed by atoms with Gasteiger partial charge in [0.15, 0.2) is 0 Å². The third-order valence-electron chi connectivity index (χ3n) is 4.07. The van der Waals surface area contributed by atoms with Crippen molar-refractivity contribution in [3.8, 4) is 0 Å². The molecule has 1 aliphatic carbocycles. The second-order valence-electron chi connectivity index (χ2n) is 5.90. The molecular formula is C14H30N2O2S. The Bertz CT molecular complexity index is 343. The summed E-state index contributed by atoms with van der Waals surface area (Å²) >= 11 is 0. The predicted molar refractivity (Wildman–Crippen MR) is 80.7 cm³/mol. The zero-order chi connectivity index (χ0) is 14.3. The van der Waals surface area contributed by atoms with Gasteiger partial charge in [-0.3, -0.25) is 0 Å². The van der Waals surface area contributed by atoms with Crippen molar-refractivity contribution in [1.29, 1.82) is 0 Å². The average Bonchev–Trinajstić information content (AvgIpc) is 2.55. The van der Waals surface area contributed by atoms with Gasteiger partial charge in [0.2, 0.25) is 10.0 Å². The first kappa shape index (κ1) is 16.9. The molecule has 0 aliphatic heterocycles. The molecule has 5 heteroatoms. The van der Waals surface area contributed by atoms with Crippen molar-refractivity contribution >= 4 is 10.0 Å². The molecule has 0 aromatic heterocycles. The summed E-state index contributed by atoms with van der Waals surface area (Å²) < 4.78 is 27.5. The first-order valence-electron chi connectivity index (χ1n) is 7.69. The Morgan fingerprint density at radius 2 is 1.89 bits per heavy atom. The van der Waals surface area contributed by atoms with E-state index in [9.17, 15) is 8.42 Å². The van der Waals surface area contributed by atoms with E-state index in [-0.39, 0.29) is 11.3 Å². The molecule has 1 rings (SSSR count). The zero-order valence-electron chi connectivity index (χ0n) is 12.6. The summed E-state index contributed by atoms with van der Waals surface area (Å²) in [4.78, 5) is 0. The highest BCUT2D eigenvalue weighted by atomic mass is 32.2. The van der Waals surface area contributed by atoms with Crippen LogP contribution in [0.1, 0.15) is 59.3 Å². The maximum Gasteiger partial charge on any atom is 0.215 e. The maximum atomic E-state index is 12.3. The van der Waals surface area contributed by atoms with Gasteiger partial charge in [-0.25, -0.2) is 13.1 Å². The minimum atomic E-state index is -3.20. The summed E-state index contributed by atoms with van der Waals surface area (Å²) in [5, 5.41) is 2.82. The molecule has 4 nitrogen and oxygen atoms in total. The summed E-state index contributed by atoms with van der Waals surface area (Å²) in [5.74, 6) is 0.452. The van der Waals surface area contributed by atoms with E-state index >= 15 is 0 Å².